The molecule has 2 aromatic carbocycles. The van der Waals surface area contributed by atoms with Gasteiger partial charge in [0, 0.05) is 31.8 Å². The number of aliphatic hydroxyl groups is 1. The molecule has 0 saturated carbocycles. The van der Waals surface area contributed by atoms with Crippen LogP contribution in [0.25, 0.3) is 21.9 Å². The molecule has 10 heteroatoms. The number of phenols is 1. The van der Waals surface area contributed by atoms with Gasteiger partial charge in [0.15, 0.2) is 0 Å². The van der Waals surface area contributed by atoms with E-state index >= 15 is 0 Å². The van der Waals surface area contributed by atoms with Crippen LogP contribution in [0.15, 0.2) is 36.5 Å². The highest BCUT2D eigenvalue weighted by Gasteiger charge is 2.37. The van der Waals surface area contributed by atoms with E-state index in [0.29, 0.717) is 39.7 Å². The van der Waals surface area contributed by atoms with Crippen molar-refractivity contribution < 1.29 is 24.5 Å². The Kier molecular flexibility index (Phi) is 7.62. The fourth-order valence-electron chi connectivity index (χ4n) is 4.84. The third kappa shape index (κ3) is 5.77. The molecular formula is C30H38N4O5Si. The number of benzene rings is 2. The quantitative estimate of drug-likeness (QED) is 0.202. The number of imidazole rings is 1. The van der Waals surface area contributed by atoms with Crippen LogP contribution in [-0.4, -0.2) is 50.7 Å². The number of hydrogen-bond donors (Lipinski definition) is 2. The van der Waals surface area contributed by atoms with Crippen LogP contribution in [0.4, 0.5) is 4.79 Å². The molecular weight excluding hydrogens is 524 g/mol. The molecule has 0 aliphatic heterocycles. The van der Waals surface area contributed by atoms with Crippen molar-refractivity contribution >= 4 is 36.1 Å². The number of carbonyl (C=O) groups is 1. The van der Waals surface area contributed by atoms with Crippen LogP contribution in [0.2, 0.25) is 25.7 Å². The predicted octanol–water partition coefficient (Wildman–Crippen LogP) is 6.23. The first-order chi connectivity index (χ1) is 18.5. The van der Waals surface area contributed by atoms with Gasteiger partial charge < -0.3 is 24.3 Å². The molecule has 0 fully saturated rings. The normalized spacial score (nSPS) is 13.9. The van der Waals surface area contributed by atoms with Crippen LogP contribution < -0.4 is 0 Å². The van der Waals surface area contributed by atoms with E-state index in [1.807, 2.05) is 0 Å². The van der Waals surface area contributed by atoms with E-state index in [2.05, 4.69) is 25.7 Å². The minimum absolute atomic E-state index is 0.132. The Morgan fingerprint density at radius 1 is 1.15 bits per heavy atom. The van der Waals surface area contributed by atoms with Crippen molar-refractivity contribution in [3.8, 4) is 11.8 Å². The summed E-state index contributed by atoms with van der Waals surface area (Å²) in [5.74, 6) is 0.115. The molecule has 2 N–H and O–H groups in total. The lowest BCUT2D eigenvalue weighted by molar-refractivity contribution is 0.0541. The Bertz CT molecular complexity index is 1630. The number of nitriles is 1. The zero-order valence-electron chi connectivity index (χ0n) is 24.5. The second-order valence-electron chi connectivity index (χ2n) is 12.6. The standard InChI is InChI=1S/C30H38N4O5Si/c1-19-15-24(35)25(21-11-12-33(26(19)21)28(36)39-29(2,3)4)30(5,37)27-32-22-16-20(17-31)9-10-23(22)34(27)18-38-13-14-40(6,7)8/h9-12,15-16,35,37H,13-14,18H2,1-8H3. The van der Waals surface area contributed by atoms with Crippen molar-refractivity contribution in [2.24, 2.45) is 0 Å². The zero-order chi connectivity index (χ0) is 29.6. The minimum atomic E-state index is -1.80. The molecule has 2 aromatic heterocycles. The van der Waals surface area contributed by atoms with E-state index in [1.54, 1.807) is 69.6 Å². The fraction of sp³-hybridized carbons (Fsp3) is 0.433. The van der Waals surface area contributed by atoms with Crippen molar-refractivity contribution in [2.75, 3.05) is 6.61 Å². The first-order valence-corrected chi connectivity index (χ1v) is 17.0. The molecule has 0 saturated heterocycles. The molecule has 1 atom stereocenters. The van der Waals surface area contributed by atoms with Gasteiger partial charge in [-0.05, 0) is 76.6 Å². The Morgan fingerprint density at radius 2 is 1.85 bits per heavy atom. The van der Waals surface area contributed by atoms with Crippen molar-refractivity contribution in [2.45, 2.75) is 78.2 Å². The van der Waals surface area contributed by atoms with Gasteiger partial charge in [-0.3, -0.25) is 4.57 Å². The molecule has 0 spiro atoms. The Labute approximate surface area is 235 Å². The molecule has 4 aromatic rings. The number of phenolic OH excluding ortho intramolecular Hbond substituents is 1. The maximum Gasteiger partial charge on any atom is 0.419 e. The van der Waals surface area contributed by atoms with Gasteiger partial charge in [0.25, 0.3) is 0 Å². The topological polar surface area (TPSA) is 123 Å². The van der Waals surface area contributed by atoms with Crippen LogP contribution >= 0.6 is 0 Å². The fourth-order valence-corrected chi connectivity index (χ4v) is 5.60. The molecule has 2 heterocycles. The molecule has 4 rings (SSSR count). The van der Waals surface area contributed by atoms with Crippen LogP contribution in [0.1, 0.15) is 50.2 Å². The molecule has 212 valence electrons. The lowest BCUT2D eigenvalue weighted by Crippen LogP contribution is -2.29. The highest BCUT2D eigenvalue weighted by atomic mass is 28.3. The van der Waals surface area contributed by atoms with Gasteiger partial charge in [-0.25, -0.2) is 9.78 Å². The van der Waals surface area contributed by atoms with Gasteiger partial charge >= 0.3 is 6.09 Å². The largest absolute Gasteiger partial charge is 0.508 e. The molecule has 0 bridgehead atoms. The third-order valence-corrected chi connectivity index (χ3v) is 8.45. The van der Waals surface area contributed by atoms with Crippen molar-refractivity contribution in [1.82, 2.24) is 14.1 Å². The summed E-state index contributed by atoms with van der Waals surface area (Å²) < 4.78 is 14.8. The van der Waals surface area contributed by atoms with Crippen molar-refractivity contribution in [3.63, 3.8) is 0 Å². The van der Waals surface area contributed by atoms with Crippen molar-refractivity contribution in [3.05, 3.63) is 59.0 Å². The summed E-state index contributed by atoms with van der Waals surface area (Å²) in [6, 6.07) is 11.5. The predicted molar refractivity (Wildman–Crippen MR) is 157 cm³/mol. The van der Waals surface area contributed by atoms with E-state index in [0.717, 1.165) is 6.04 Å². The number of fused-ring (bicyclic) bond motifs is 2. The van der Waals surface area contributed by atoms with Gasteiger partial charge in [-0.15, -0.1) is 0 Å². The average molecular weight is 563 g/mol. The summed E-state index contributed by atoms with van der Waals surface area (Å²) in [4.78, 5) is 17.8. The summed E-state index contributed by atoms with van der Waals surface area (Å²) in [7, 11) is -1.32. The Balaban J connectivity index is 1.88. The van der Waals surface area contributed by atoms with E-state index < -0.39 is 25.4 Å². The lowest BCUT2D eigenvalue weighted by Gasteiger charge is -2.27. The summed E-state index contributed by atoms with van der Waals surface area (Å²) in [5.41, 5.74) is 0.522. The summed E-state index contributed by atoms with van der Waals surface area (Å²) in [6.07, 6.45) is 1.01. The molecule has 0 amide bonds. The second kappa shape index (κ2) is 10.4. The molecule has 0 aliphatic rings. The van der Waals surface area contributed by atoms with Crippen molar-refractivity contribution in [1.29, 1.82) is 5.26 Å². The number of rotatable bonds is 7. The number of nitrogens with zero attached hydrogens (tertiary/aromatic N) is 4. The smallest absolute Gasteiger partial charge is 0.419 e. The lowest BCUT2D eigenvalue weighted by atomic mass is 9.89. The number of aromatic hydroxyl groups is 1. The molecule has 0 aliphatic carbocycles. The van der Waals surface area contributed by atoms with Crippen LogP contribution in [0.5, 0.6) is 5.75 Å². The SMILES string of the molecule is Cc1cc(O)c(C(C)(O)c2nc3cc(C#N)ccc3n2COCC[Si](C)(C)C)c2ccn(C(=O)OC(C)(C)C)c12. The molecule has 40 heavy (non-hydrogen) atoms. The summed E-state index contributed by atoms with van der Waals surface area (Å²) >= 11 is 0. The highest BCUT2D eigenvalue weighted by molar-refractivity contribution is 6.76. The van der Waals surface area contributed by atoms with E-state index in [9.17, 15) is 20.3 Å². The number of aromatic nitrogens is 3. The van der Waals surface area contributed by atoms with Crippen LogP contribution in [-0.2, 0) is 21.8 Å². The molecule has 0 radical (unpaired) electrons. The second-order valence-corrected chi connectivity index (χ2v) is 18.2. The number of ether oxygens (including phenoxy) is 2. The minimum Gasteiger partial charge on any atom is -0.508 e. The van der Waals surface area contributed by atoms with E-state index in [4.69, 9.17) is 14.5 Å². The summed E-state index contributed by atoms with van der Waals surface area (Å²) in [6.45, 7) is 16.2. The Morgan fingerprint density at radius 3 is 2.48 bits per heavy atom. The van der Waals surface area contributed by atoms with Gasteiger partial charge in [-0.2, -0.15) is 5.26 Å². The zero-order valence-corrected chi connectivity index (χ0v) is 25.5. The number of aryl methyl sites for hydroxylation is 1. The van der Waals surface area contributed by atoms with Crippen LogP contribution in [0.3, 0.4) is 0 Å². The van der Waals surface area contributed by atoms with Gasteiger partial charge in [0.05, 0.1) is 28.2 Å². The van der Waals surface area contributed by atoms with Gasteiger partial charge in [0.2, 0.25) is 0 Å². The van der Waals surface area contributed by atoms with E-state index in [1.165, 1.54) is 10.6 Å². The van der Waals surface area contributed by atoms with E-state index in [-0.39, 0.29) is 23.9 Å². The maximum absolute atomic E-state index is 13.0. The van der Waals surface area contributed by atoms with Gasteiger partial charge in [0.1, 0.15) is 29.5 Å². The molecule has 9 nitrogen and oxygen atoms in total. The maximum atomic E-state index is 13.0. The number of carbonyl (C=O) groups excluding carboxylic acids is 1. The molecule has 1 unspecified atom stereocenters. The van der Waals surface area contributed by atoms with Crippen LogP contribution in [0, 0.1) is 18.3 Å². The average Bonchev–Trinajstić information content (AvgIpc) is 3.42. The number of hydrogen-bond acceptors (Lipinski definition) is 7. The highest BCUT2D eigenvalue weighted by Crippen LogP contribution is 2.42. The monoisotopic (exact) mass is 562 g/mol. The van der Waals surface area contributed by atoms with Gasteiger partial charge in [-0.1, -0.05) is 19.6 Å². The third-order valence-electron chi connectivity index (χ3n) is 6.75. The first-order valence-electron chi connectivity index (χ1n) is 13.3. The summed E-state index contributed by atoms with van der Waals surface area (Å²) in [5, 5.41) is 33.3. The first kappa shape index (κ1) is 29.3. The Hall–Kier alpha value is -3.65.